The number of hydrogen-bond donors (Lipinski definition) is 6. The molecule has 6 N–H and O–H groups in total. The van der Waals surface area contributed by atoms with E-state index < -0.39 is 23.5 Å². The van der Waals surface area contributed by atoms with Crippen LogP contribution in [-0.4, -0.2) is 122 Å². The van der Waals surface area contributed by atoms with Crippen molar-refractivity contribution < 1.29 is 23.9 Å². The number of benzene rings is 2. The van der Waals surface area contributed by atoms with Crippen LogP contribution in [0.5, 0.6) is 0 Å². The van der Waals surface area contributed by atoms with Gasteiger partial charge in [-0.25, -0.2) is 14.8 Å². The predicted octanol–water partition coefficient (Wildman–Crippen LogP) is 1.89. The van der Waals surface area contributed by atoms with Crippen LogP contribution in [0.3, 0.4) is 0 Å². The fraction of sp³-hybridized carbons (Fsp3) is 0.432. The molecule has 5 aromatic rings. The number of carbonyl (C=O) groups excluding carboxylic acids is 4. The van der Waals surface area contributed by atoms with E-state index in [2.05, 4.69) is 64.0 Å². The highest BCUT2D eigenvalue weighted by atomic mass is 16.6. The lowest BCUT2D eigenvalue weighted by Gasteiger charge is -2.19. The van der Waals surface area contributed by atoms with E-state index in [-0.39, 0.29) is 25.5 Å². The van der Waals surface area contributed by atoms with Crippen LogP contribution in [0.15, 0.2) is 48.5 Å². The molecule has 0 spiro atoms. The molecular formula is C37H49N13O5. The summed E-state index contributed by atoms with van der Waals surface area (Å²) in [5, 5.41) is 27.9. The molecular weight excluding hydrogens is 706 g/mol. The highest BCUT2D eigenvalue weighted by Crippen LogP contribution is 2.32. The third-order valence-corrected chi connectivity index (χ3v) is 8.20. The van der Waals surface area contributed by atoms with Gasteiger partial charge in [0.25, 0.3) is 0 Å². The minimum absolute atomic E-state index is 0.216. The van der Waals surface area contributed by atoms with Gasteiger partial charge in [-0.3, -0.25) is 14.4 Å². The summed E-state index contributed by atoms with van der Waals surface area (Å²) in [5.41, 5.74) is 2.92. The quantitative estimate of drug-likeness (QED) is 0.0706. The Bertz CT molecular complexity index is 2090. The first-order valence-corrected chi connectivity index (χ1v) is 18.1. The molecule has 55 heavy (non-hydrogen) atoms. The van der Waals surface area contributed by atoms with Crippen molar-refractivity contribution in [2.75, 3.05) is 58.2 Å². The SMILES string of the molecule is CN(CCCNC(=O)CNC(=O)CNC(=O)CNC(=O)OC(C)(C)C)CCCNc1nc(Cc2ccccc2)nc2[nH]c3cc(-c4nnn(C)n4)ccc3c12. The van der Waals surface area contributed by atoms with Gasteiger partial charge in [0.2, 0.25) is 23.5 Å². The molecule has 292 valence electrons. The van der Waals surface area contributed by atoms with Crippen molar-refractivity contribution in [1.82, 2.24) is 61.3 Å². The maximum absolute atomic E-state index is 12.2. The second-order valence-electron chi connectivity index (χ2n) is 14.1. The first kappa shape index (κ1) is 40.0. The maximum atomic E-state index is 12.2. The number of rotatable bonds is 18. The minimum Gasteiger partial charge on any atom is -0.444 e. The van der Waals surface area contributed by atoms with Crippen molar-refractivity contribution in [2.45, 2.75) is 45.6 Å². The molecule has 5 rings (SSSR count). The van der Waals surface area contributed by atoms with E-state index in [0.717, 1.165) is 64.8 Å². The molecule has 18 heteroatoms. The van der Waals surface area contributed by atoms with Crippen LogP contribution in [0.1, 0.15) is 45.0 Å². The third-order valence-electron chi connectivity index (χ3n) is 8.20. The molecule has 0 unspecified atom stereocenters. The van der Waals surface area contributed by atoms with Gasteiger partial charge in [0.15, 0.2) is 0 Å². The van der Waals surface area contributed by atoms with Crippen LogP contribution in [0.2, 0.25) is 0 Å². The average Bonchev–Trinajstić information content (AvgIpc) is 3.75. The highest BCUT2D eigenvalue weighted by molar-refractivity contribution is 6.11. The summed E-state index contributed by atoms with van der Waals surface area (Å²) in [5.74, 6) is 0.590. The minimum atomic E-state index is -0.736. The van der Waals surface area contributed by atoms with Gasteiger partial charge in [-0.1, -0.05) is 42.5 Å². The Labute approximate surface area is 318 Å². The Hall–Kier alpha value is -6.17. The highest BCUT2D eigenvalue weighted by Gasteiger charge is 2.18. The molecule has 0 saturated heterocycles. The molecule has 2 aromatic carbocycles. The van der Waals surface area contributed by atoms with E-state index in [4.69, 9.17) is 14.7 Å². The number of aromatic amines is 1. The van der Waals surface area contributed by atoms with Crippen LogP contribution in [-0.2, 0) is 32.6 Å². The number of amides is 4. The zero-order chi connectivity index (χ0) is 39.4. The average molecular weight is 756 g/mol. The van der Waals surface area contributed by atoms with Gasteiger partial charge in [-0.15, -0.1) is 10.2 Å². The van der Waals surface area contributed by atoms with Gasteiger partial charge >= 0.3 is 6.09 Å². The van der Waals surface area contributed by atoms with E-state index in [9.17, 15) is 19.2 Å². The Balaban J connectivity index is 1.04. The molecule has 0 radical (unpaired) electrons. The van der Waals surface area contributed by atoms with Gasteiger partial charge < -0.3 is 41.2 Å². The molecule has 0 saturated carbocycles. The summed E-state index contributed by atoms with van der Waals surface area (Å²) in [6, 6.07) is 16.1. The Morgan fingerprint density at radius 1 is 0.855 bits per heavy atom. The monoisotopic (exact) mass is 755 g/mol. The molecule has 0 aliphatic heterocycles. The number of nitrogens with zero attached hydrogens (tertiary/aromatic N) is 7. The summed E-state index contributed by atoms with van der Waals surface area (Å²) in [7, 11) is 3.76. The maximum Gasteiger partial charge on any atom is 0.408 e. The summed E-state index contributed by atoms with van der Waals surface area (Å²) in [6.07, 6.45) is 1.43. The predicted molar refractivity (Wildman–Crippen MR) is 207 cm³/mol. The van der Waals surface area contributed by atoms with Crippen molar-refractivity contribution in [3.63, 3.8) is 0 Å². The van der Waals surface area contributed by atoms with Crippen molar-refractivity contribution in [1.29, 1.82) is 0 Å². The second-order valence-corrected chi connectivity index (χ2v) is 14.1. The van der Waals surface area contributed by atoms with Gasteiger partial charge in [-0.05, 0) is 70.6 Å². The number of nitrogens with one attached hydrogen (secondary N) is 6. The Morgan fingerprint density at radius 3 is 2.20 bits per heavy atom. The van der Waals surface area contributed by atoms with Crippen LogP contribution in [0.25, 0.3) is 33.3 Å². The Morgan fingerprint density at radius 2 is 1.53 bits per heavy atom. The molecule has 4 amide bonds. The van der Waals surface area contributed by atoms with E-state index in [0.29, 0.717) is 31.2 Å². The first-order chi connectivity index (χ1) is 26.3. The first-order valence-electron chi connectivity index (χ1n) is 18.1. The summed E-state index contributed by atoms with van der Waals surface area (Å²) >= 11 is 0. The molecule has 0 bridgehead atoms. The number of tetrazole rings is 1. The van der Waals surface area contributed by atoms with E-state index >= 15 is 0 Å². The number of aryl methyl sites for hydroxylation is 1. The van der Waals surface area contributed by atoms with E-state index in [1.165, 1.54) is 4.80 Å². The number of H-pyrrole nitrogens is 1. The summed E-state index contributed by atoms with van der Waals surface area (Å²) in [6.45, 7) is 6.95. The number of fused-ring (bicyclic) bond motifs is 3. The van der Waals surface area contributed by atoms with Gasteiger partial charge in [0, 0.05) is 36.0 Å². The number of alkyl carbamates (subject to hydrolysis) is 1. The van der Waals surface area contributed by atoms with Crippen LogP contribution < -0.4 is 26.6 Å². The summed E-state index contributed by atoms with van der Waals surface area (Å²) < 4.78 is 5.05. The van der Waals surface area contributed by atoms with Gasteiger partial charge in [0.1, 0.15) is 29.4 Å². The van der Waals surface area contributed by atoms with Crippen molar-refractivity contribution in [3.05, 3.63) is 59.9 Å². The number of hydrogen-bond acceptors (Lipinski definition) is 12. The fourth-order valence-electron chi connectivity index (χ4n) is 5.63. The fourth-order valence-corrected chi connectivity index (χ4v) is 5.63. The van der Waals surface area contributed by atoms with Gasteiger partial charge in [0.05, 0.1) is 25.5 Å². The molecule has 0 fully saturated rings. The Kier molecular flexibility index (Phi) is 13.6. The lowest BCUT2D eigenvalue weighted by Crippen LogP contribution is -2.45. The van der Waals surface area contributed by atoms with Crippen LogP contribution >= 0.6 is 0 Å². The van der Waals surface area contributed by atoms with Gasteiger partial charge in [-0.2, -0.15) is 4.80 Å². The molecule has 0 aliphatic carbocycles. The zero-order valence-corrected chi connectivity index (χ0v) is 31.9. The summed E-state index contributed by atoms with van der Waals surface area (Å²) in [4.78, 5) is 64.7. The van der Waals surface area contributed by atoms with Crippen LogP contribution in [0, 0.1) is 0 Å². The van der Waals surface area contributed by atoms with Crippen molar-refractivity contribution >= 4 is 51.6 Å². The molecule has 18 nitrogen and oxygen atoms in total. The van der Waals surface area contributed by atoms with Crippen LogP contribution in [0.4, 0.5) is 10.6 Å². The molecule has 3 aromatic heterocycles. The molecule has 0 aliphatic rings. The lowest BCUT2D eigenvalue weighted by atomic mass is 10.1. The second kappa shape index (κ2) is 18.7. The number of carbonyl (C=O) groups is 4. The number of aromatic nitrogens is 7. The molecule has 3 heterocycles. The normalized spacial score (nSPS) is 11.5. The van der Waals surface area contributed by atoms with E-state index in [1.54, 1.807) is 27.8 Å². The molecule has 0 atom stereocenters. The standard InChI is InChI=1S/C37H49N13O5/c1-37(2,3)55-36(54)42-23-31(53)41-22-30(52)40-21-29(51)38-15-9-17-49(4)18-10-16-39-34-32-26-14-13-25(33-46-48-50(5)47-33)20-27(26)43-35(32)45-28(44-34)19-24-11-7-6-8-12-24/h6-8,11-14,20H,9-10,15-19,21-23H2,1-5H3,(H,38,51)(H,40,52)(H,41,53)(H,42,54)(H2,39,43,44,45). The smallest absolute Gasteiger partial charge is 0.408 e. The van der Waals surface area contributed by atoms with Crippen molar-refractivity contribution in [3.8, 4) is 11.4 Å². The number of anilines is 1. The topological polar surface area (TPSA) is 226 Å². The van der Waals surface area contributed by atoms with E-state index in [1.807, 2.05) is 43.4 Å². The zero-order valence-electron chi connectivity index (χ0n) is 31.9. The third kappa shape index (κ3) is 12.4. The lowest BCUT2D eigenvalue weighted by molar-refractivity contribution is -0.127. The largest absolute Gasteiger partial charge is 0.444 e. The van der Waals surface area contributed by atoms with Crippen molar-refractivity contribution in [2.24, 2.45) is 7.05 Å². The number of ether oxygens (including phenoxy) is 1.